The first-order valence-corrected chi connectivity index (χ1v) is 4.51. The number of hydrogen-bond acceptors (Lipinski definition) is 4. The summed E-state index contributed by atoms with van der Waals surface area (Å²) in [4.78, 5) is 16.2. The topological polar surface area (TPSA) is 74.8 Å². The van der Waals surface area contributed by atoms with Gasteiger partial charge in [0.15, 0.2) is 11.4 Å². The van der Waals surface area contributed by atoms with Crippen molar-refractivity contribution in [2.45, 2.75) is 13.3 Å². The normalized spacial score (nSPS) is 16.4. The summed E-state index contributed by atoms with van der Waals surface area (Å²) in [5.41, 5.74) is -1.63. The number of pyridine rings is 1. The average molecular weight is 224 g/mol. The van der Waals surface area contributed by atoms with Crippen LogP contribution in [0.4, 0.5) is 0 Å². The summed E-state index contributed by atoms with van der Waals surface area (Å²) in [7, 11) is 0. The molecule has 16 heavy (non-hydrogen) atoms. The summed E-state index contributed by atoms with van der Waals surface area (Å²) in [5, 5.41) is 18.9. The Morgan fingerprint density at radius 2 is 2.38 bits per heavy atom. The molecule has 0 aromatic carbocycles. The summed E-state index contributed by atoms with van der Waals surface area (Å²) in [6, 6.07) is 2.69. The van der Waals surface area contributed by atoms with E-state index in [1.807, 2.05) is 0 Å². The molecular formula is C11H12N2O3. The molecule has 0 spiro atoms. The van der Waals surface area contributed by atoms with Gasteiger partial charge in [-0.25, -0.2) is 4.98 Å². The molecule has 0 fully saturated rings. The minimum Gasteiger partial charge on any atom is -0.504 e. The average Bonchev–Trinajstić information content (AvgIpc) is 2.29. The van der Waals surface area contributed by atoms with Crippen LogP contribution in [-0.2, 0) is 6.37 Å². The lowest BCUT2D eigenvalue weighted by Gasteiger charge is -2.07. The maximum Gasteiger partial charge on any atom is 0.261 e. The predicted octanol–water partition coefficient (Wildman–Crippen LogP) is 0.243. The Balaban J connectivity index is 2.90. The molecule has 5 heteroatoms. The fraction of sp³-hybridized carbons (Fsp3) is 0.273. The molecule has 2 N–H and O–H groups in total. The number of aryl methyl sites for hydroxylation is 1. The van der Waals surface area contributed by atoms with E-state index in [9.17, 15) is 15.0 Å². The Labute approximate surface area is 97.2 Å². The maximum atomic E-state index is 12.3. The van der Waals surface area contributed by atoms with E-state index in [1.165, 1.54) is 25.3 Å². The lowest BCUT2D eigenvalue weighted by atomic mass is 10.2. The van der Waals surface area contributed by atoms with Gasteiger partial charge in [-0.3, -0.25) is 9.20 Å². The van der Waals surface area contributed by atoms with E-state index in [0.717, 1.165) is 4.40 Å². The second-order valence-corrected chi connectivity index (χ2v) is 3.20. The third-order valence-electron chi connectivity index (χ3n) is 2.20. The lowest BCUT2D eigenvalue weighted by molar-refractivity contribution is 0.298. The molecule has 0 bridgehead atoms. The summed E-state index contributed by atoms with van der Waals surface area (Å²) in [5.74, 6) is -0.258. The van der Waals surface area contributed by atoms with E-state index in [2.05, 4.69) is 4.98 Å². The van der Waals surface area contributed by atoms with Crippen LogP contribution >= 0.6 is 0 Å². The van der Waals surface area contributed by atoms with Crippen molar-refractivity contribution in [3.8, 4) is 5.75 Å². The molecule has 2 aromatic rings. The maximum absolute atomic E-state index is 12.3. The minimum absolute atomic E-state index is 0.0620. The second-order valence-electron chi connectivity index (χ2n) is 3.20. The molecule has 0 aliphatic heterocycles. The summed E-state index contributed by atoms with van der Waals surface area (Å²) >= 11 is 0. The van der Waals surface area contributed by atoms with Gasteiger partial charge in [0.25, 0.3) is 5.56 Å². The zero-order valence-corrected chi connectivity index (χ0v) is 8.43. The van der Waals surface area contributed by atoms with Crippen molar-refractivity contribution in [2.24, 2.45) is 0 Å². The highest BCUT2D eigenvalue weighted by atomic mass is 16.3. The van der Waals surface area contributed by atoms with E-state index in [0.29, 0.717) is 0 Å². The second kappa shape index (κ2) is 3.94. The monoisotopic (exact) mass is 224 g/mol. The van der Waals surface area contributed by atoms with Gasteiger partial charge in [-0.1, -0.05) is 0 Å². The minimum atomic E-state index is -3.25. The Hall–Kier alpha value is -1.88. The van der Waals surface area contributed by atoms with Crippen LogP contribution in [-0.4, -0.2) is 26.2 Å². The molecule has 2 aromatic heterocycles. The molecule has 0 saturated carbocycles. The molecule has 0 atom stereocenters. The fourth-order valence-electron chi connectivity index (χ4n) is 1.45. The van der Waals surface area contributed by atoms with Gasteiger partial charge in [-0.05, 0) is 19.1 Å². The first-order chi connectivity index (χ1) is 9.07. The molecule has 2 heterocycles. The highest BCUT2D eigenvalue weighted by Crippen LogP contribution is 2.14. The van der Waals surface area contributed by atoms with E-state index in [4.69, 9.17) is 5.48 Å². The molecule has 0 saturated heterocycles. The van der Waals surface area contributed by atoms with Gasteiger partial charge in [-0.2, -0.15) is 0 Å². The number of aromatic hydroxyl groups is 1. The summed E-state index contributed by atoms with van der Waals surface area (Å²) in [6.45, 7) is -1.93. The van der Waals surface area contributed by atoms with Gasteiger partial charge in [0.05, 0.1) is 2.74 Å². The van der Waals surface area contributed by atoms with Gasteiger partial charge in [0, 0.05) is 33.1 Å². The van der Waals surface area contributed by atoms with Crippen LogP contribution < -0.4 is 5.56 Å². The number of nitrogens with zero attached hydrogens (tertiary/aromatic N) is 2. The van der Waals surface area contributed by atoms with Crippen LogP contribution in [0.3, 0.4) is 0 Å². The van der Waals surface area contributed by atoms with Gasteiger partial charge < -0.3 is 10.2 Å². The standard InChI is InChI=1S/C11H12N2O3/c1-7-8(4-6-14)11(16)13-5-2-3-9(15)10(13)12-7/h2-3,5,14-15H,4,6H2,1H3/i4D2,6D2. The Morgan fingerprint density at radius 3 is 3.06 bits per heavy atom. The number of fused-ring (bicyclic) bond motifs is 1. The first-order valence-electron chi connectivity index (χ1n) is 6.51. The Kier molecular flexibility index (Phi) is 1.64. The van der Waals surface area contributed by atoms with Gasteiger partial charge in [0.2, 0.25) is 0 Å². The Morgan fingerprint density at radius 1 is 1.62 bits per heavy atom. The lowest BCUT2D eigenvalue weighted by Crippen LogP contribution is -2.22. The molecular weight excluding hydrogens is 208 g/mol. The van der Waals surface area contributed by atoms with E-state index >= 15 is 0 Å². The predicted molar refractivity (Wildman–Crippen MR) is 58.7 cm³/mol. The Bertz CT molecular complexity index is 737. The third kappa shape index (κ3) is 1.55. The van der Waals surface area contributed by atoms with Crippen LogP contribution in [0.2, 0.25) is 0 Å². The molecule has 0 unspecified atom stereocenters. The van der Waals surface area contributed by atoms with Crippen LogP contribution in [0.15, 0.2) is 23.1 Å². The smallest absolute Gasteiger partial charge is 0.261 e. The van der Waals surface area contributed by atoms with Crippen LogP contribution in [0.1, 0.15) is 16.7 Å². The van der Waals surface area contributed by atoms with Crippen LogP contribution in [0, 0.1) is 6.92 Å². The van der Waals surface area contributed by atoms with E-state index < -0.39 is 24.1 Å². The zero-order valence-electron chi connectivity index (χ0n) is 12.4. The summed E-state index contributed by atoms with van der Waals surface area (Å²) < 4.78 is 30.5. The van der Waals surface area contributed by atoms with E-state index in [1.54, 1.807) is 0 Å². The van der Waals surface area contributed by atoms with Crippen LogP contribution in [0.5, 0.6) is 5.75 Å². The van der Waals surface area contributed by atoms with Crippen molar-refractivity contribution >= 4 is 5.65 Å². The number of aliphatic hydroxyl groups is 1. The highest BCUT2D eigenvalue weighted by molar-refractivity contribution is 5.53. The number of aromatic nitrogens is 2. The molecule has 0 aliphatic carbocycles. The third-order valence-corrected chi connectivity index (χ3v) is 2.20. The molecule has 5 nitrogen and oxygen atoms in total. The largest absolute Gasteiger partial charge is 0.504 e. The van der Waals surface area contributed by atoms with Gasteiger partial charge >= 0.3 is 0 Å². The van der Waals surface area contributed by atoms with Crippen molar-refractivity contribution < 1.29 is 15.7 Å². The van der Waals surface area contributed by atoms with Crippen LogP contribution in [0.25, 0.3) is 5.65 Å². The highest BCUT2D eigenvalue weighted by Gasteiger charge is 2.10. The van der Waals surface area contributed by atoms with Crippen molar-refractivity contribution in [2.75, 3.05) is 6.56 Å². The molecule has 84 valence electrons. The van der Waals surface area contributed by atoms with Crippen molar-refractivity contribution in [1.82, 2.24) is 9.38 Å². The first kappa shape index (κ1) is 6.65. The quantitative estimate of drug-likeness (QED) is 0.766. The molecule has 0 aliphatic rings. The van der Waals surface area contributed by atoms with E-state index in [-0.39, 0.29) is 17.1 Å². The van der Waals surface area contributed by atoms with Crippen molar-refractivity contribution in [1.29, 1.82) is 0 Å². The zero-order chi connectivity index (χ0) is 15.3. The van der Waals surface area contributed by atoms with Crippen molar-refractivity contribution in [3.63, 3.8) is 0 Å². The van der Waals surface area contributed by atoms with Gasteiger partial charge in [0.1, 0.15) is 0 Å². The molecule has 0 amide bonds. The SMILES string of the molecule is [2H]C([2H])(O)C([2H])([2H])c1c(C)nc2c(O)cccn2c1=O. The summed E-state index contributed by atoms with van der Waals surface area (Å²) in [6.07, 6.45) is -1.66. The molecule has 0 radical (unpaired) electrons. The molecule has 2 rings (SSSR count). The number of hydrogen-bond donors (Lipinski definition) is 2. The number of rotatable bonds is 2. The van der Waals surface area contributed by atoms with Gasteiger partial charge in [-0.15, -0.1) is 0 Å². The fourth-order valence-corrected chi connectivity index (χ4v) is 1.45. The van der Waals surface area contributed by atoms with Crippen molar-refractivity contribution in [3.05, 3.63) is 39.9 Å².